The van der Waals surface area contributed by atoms with Crippen molar-refractivity contribution in [2.75, 3.05) is 18.9 Å². The maximum Gasteiger partial charge on any atom is 0.459 e. The zero-order chi connectivity index (χ0) is 30.1. The van der Waals surface area contributed by atoms with Crippen LogP contribution in [0, 0.1) is 0 Å². The Labute approximate surface area is 242 Å². The summed E-state index contributed by atoms with van der Waals surface area (Å²) in [6, 6.07) is 15.1. The van der Waals surface area contributed by atoms with E-state index in [1.165, 1.54) is 13.3 Å². The Hall–Kier alpha value is -3.87. The smallest absolute Gasteiger partial charge is 0.459 e. The van der Waals surface area contributed by atoms with Crippen LogP contribution in [0.4, 0.5) is 5.82 Å². The van der Waals surface area contributed by atoms with Crippen LogP contribution in [0.25, 0.3) is 16.3 Å². The van der Waals surface area contributed by atoms with E-state index in [2.05, 4.69) is 26.9 Å². The highest BCUT2D eigenvalue weighted by atomic mass is 31.2. The van der Waals surface area contributed by atoms with Gasteiger partial charge in [0.15, 0.2) is 5.82 Å². The summed E-state index contributed by atoms with van der Waals surface area (Å²) in [7, 11) is -4.26. The van der Waals surface area contributed by atoms with Crippen molar-refractivity contribution in [1.29, 1.82) is 0 Å². The molecule has 13 nitrogen and oxygen atoms in total. The molecule has 2 aromatic carbocycles. The summed E-state index contributed by atoms with van der Waals surface area (Å²) in [5, 5.41) is 19.8. The van der Waals surface area contributed by atoms with Crippen LogP contribution in [-0.2, 0) is 23.4 Å². The van der Waals surface area contributed by atoms with Crippen molar-refractivity contribution in [3.05, 3.63) is 66.6 Å². The summed E-state index contributed by atoms with van der Waals surface area (Å²) in [5.74, 6) is -0.0820. The van der Waals surface area contributed by atoms with Crippen molar-refractivity contribution in [1.82, 2.24) is 19.7 Å². The number of carbonyl (C=O) groups excluding carboxylic acids is 1. The molecule has 6 atom stereocenters. The molecular formula is C28H33N6O7P. The summed E-state index contributed by atoms with van der Waals surface area (Å²) in [6.07, 6.45) is -1.74. The van der Waals surface area contributed by atoms with Gasteiger partial charge >= 0.3 is 13.7 Å². The minimum absolute atomic E-state index is 0.141. The molecule has 1 saturated heterocycles. The molecule has 0 amide bonds. The van der Waals surface area contributed by atoms with Crippen molar-refractivity contribution in [3.8, 4) is 5.75 Å². The largest absolute Gasteiger partial charge is 0.465 e. The molecule has 0 bridgehead atoms. The average Bonchev–Trinajstić information content (AvgIpc) is 3.52. The second kappa shape index (κ2) is 11.8. The lowest BCUT2D eigenvalue weighted by molar-refractivity contribution is -0.144. The predicted octanol–water partition coefficient (Wildman–Crippen LogP) is 3.47. The fourth-order valence-electron chi connectivity index (χ4n) is 4.99. The van der Waals surface area contributed by atoms with E-state index in [0.29, 0.717) is 16.6 Å². The van der Waals surface area contributed by atoms with E-state index < -0.39 is 43.6 Å². The Morgan fingerprint density at radius 2 is 2.05 bits per heavy atom. The van der Waals surface area contributed by atoms with Gasteiger partial charge in [0, 0.05) is 5.39 Å². The number of hydrogen-bond donors (Lipinski definition) is 3. The van der Waals surface area contributed by atoms with E-state index in [9.17, 15) is 14.5 Å². The Bertz CT molecular complexity index is 1660. The standard InChI is InChI=1S/C28H33N6O7P/c1-5-38-27(36)17(2)33-42(37,41-22-12-8-10-18-9-6-7-11-19(18)22)39-15-23-24(35)28(3,30-4)25(40-23)20-13-14-21-26(29)31-16-32-34(20)21/h6-14,16-17,23-25,35H,4-5,15H2,1-3H3,(H,33,37)(H2,29,31,32)/t17-,23+,24+,25-,28+,42?/m0/s1. The summed E-state index contributed by atoms with van der Waals surface area (Å²) < 4.78 is 38.9. The lowest BCUT2D eigenvalue weighted by Gasteiger charge is -2.28. The third kappa shape index (κ3) is 5.49. The molecule has 3 heterocycles. The van der Waals surface area contributed by atoms with E-state index in [4.69, 9.17) is 24.3 Å². The van der Waals surface area contributed by atoms with Crippen LogP contribution < -0.4 is 15.3 Å². The molecule has 1 fully saturated rings. The molecule has 5 rings (SSSR count). The summed E-state index contributed by atoms with van der Waals surface area (Å²) in [5.41, 5.74) is 5.88. The van der Waals surface area contributed by atoms with Crippen LogP contribution in [0.1, 0.15) is 32.6 Å². The first kappa shape index (κ1) is 29.6. The third-order valence-corrected chi connectivity index (χ3v) is 8.91. The molecular weight excluding hydrogens is 563 g/mol. The van der Waals surface area contributed by atoms with Crippen molar-refractivity contribution in [3.63, 3.8) is 0 Å². The number of ether oxygens (including phenoxy) is 2. The first-order valence-electron chi connectivity index (χ1n) is 13.4. The fourth-order valence-corrected chi connectivity index (χ4v) is 6.51. The van der Waals surface area contributed by atoms with Crippen LogP contribution in [0.3, 0.4) is 0 Å². The van der Waals surface area contributed by atoms with Gasteiger partial charge in [-0.1, -0.05) is 36.4 Å². The molecule has 1 aliphatic heterocycles. The normalized spacial score (nSPS) is 24.3. The number of nitrogens with zero attached hydrogens (tertiary/aromatic N) is 4. The Morgan fingerprint density at radius 3 is 2.81 bits per heavy atom. The van der Waals surface area contributed by atoms with E-state index in [1.54, 1.807) is 42.6 Å². The van der Waals surface area contributed by atoms with Gasteiger partial charge in [-0.3, -0.25) is 14.3 Å². The van der Waals surface area contributed by atoms with Crippen LogP contribution in [-0.4, -0.2) is 69.4 Å². The van der Waals surface area contributed by atoms with E-state index in [-0.39, 0.29) is 24.8 Å². The zero-order valence-corrected chi connectivity index (χ0v) is 24.3. The van der Waals surface area contributed by atoms with Crippen LogP contribution in [0.5, 0.6) is 5.75 Å². The Morgan fingerprint density at radius 1 is 1.29 bits per heavy atom. The summed E-state index contributed by atoms with van der Waals surface area (Å²) in [6.45, 7) is 8.29. The number of nitrogens with two attached hydrogens (primary N) is 1. The number of carbonyl (C=O) groups is 1. The number of nitrogen functional groups attached to an aromatic ring is 1. The van der Waals surface area contributed by atoms with Crippen LogP contribution >= 0.6 is 7.75 Å². The number of esters is 1. The highest BCUT2D eigenvalue weighted by Crippen LogP contribution is 2.49. The fraction of sp³-hybridized carbons (Fsp3) is 0.357. The van der Waals surface area contributed by atoms with Gasteiger partial charge in [-0.25, -0.2) is 14.1 Å². The second-order valence-corrected chi connectivity index (χ2v) is 11.7. The lowest BCUT2D eigenvalue weighted by Crippen LogP contribution is -2.42. The van der Waals surface area contributed by atoms with Gasteiger partial charge < -0.3 is 24.8 Å². The van der Waals surface area contributed by atoms with Crippen molar-refractivity contribution >= 4 is 42.5 Å². The van der Waals surface area contributed by atoms with Gasteiger partial charge in [-0.15, -0.1) is 0 Å². The quantitative estimate of drug-likeness (QED) is 0.131. The van der Waals surface area contributed by atoms with Gasteiger partial charge in [-0.05, 0) is 51.1 Å². The number of benzene rings is 2. The third-order valence-electron chi connectivity index (χ3n) is 7.28. The van der Waals surface area contributed by atoms with E-state index >= 15 is 0 Å². The highest BCUT2D eigenvalue weighted by molar-refractivity contribution is 7.52. The summed E-state index contributed by atoms with van der Waals surface area (Å²) in [4.78, 5) is 20.6. The average molecular weight is 597 g/mol. The molecule has 2 aromatic heterocycles. The number of aliphatic hydroxyl groups is 1. The number of anilines is 1. The monoisotopic (exact) mass is 596 g/mol. The SMILES string of the molecule is C=N[C@]1(C)[C@H](O)[C@@H](COP(=O)(N[C@@H](C)C(=O)OCC)Oc2cccc3ccccc23)O[C@H]1c1ccc2c(N)ncnn12. The number of aliphatic imine (C=N–C) groups is 1. The lowest BCUT2D eigenvalue weighted by atomic mass is 9.88. The molecule has 222 valence electrons. The first-order valence-corrected chi connectivity index (χ1v) is 14.9. The molecule has 0 spiro atoms. The Balaban J connectivity index is 1.43. The molecule has 0 aliphatic carbocycles. The number of rotatable bonds is 11. The number of aliphatic hydroxyl groups excluding tert-OH is 1. The number of hydrogen-bond acceptors (Lipinski definition) is 11. The van der Waals surface area contributed by atoms with Gasteiger partial charge in [0.25, 0.3) is 0 Å². The van der Waals surface area contributed by atoms with E-state index in [0.717, 1.165) is 5.39 Å². The molecule has 1 unspecified atom stereocenters. The second-order valence-electron chi connectivity index (χ2n) is 10.0. The highest BCUT2D eigenvalue weighted by Gasteiger charge is 2.55. The van der Waals surface area contributed by atoms with Gasteiger partial charge in [0.05, 0.1) is 18.9 Å². The number of aromatic nitrogens is 3. The molecule has 42 heavy (non-hydrogen) atoms. The molecule has 4 aromatic rings. The Kier molecular flexibility index (Phi) is 8.31. The van der Waals surface area contributed by atoms with E-state index in [1.807, 2.05) is 30.3 Å². The van der Waals surface area contributed by atoms with Crippen molar-refractivity contribution in [2.45, 2.75) is 50.7 Å². The van der Waals surface area contributed by atoms with Crippen LogP contribution in [0.15, 0.2) is 65.9 Å². The predicted molar refractivity (Wildman–Crippen MR) is 156 cm³/mol. The van der Waals surface area contributed by atoms with Crippen molar-refractivity contribution < 1.29 is 33.0 Å². The molecule has 1 aliphatic rings. The zero-order valence-electron chi connectivity index (χ0n) is 23.4. The minimum Gasteiger partial charge on any atom is -0.465 e. The first-order chi connectivity index (χ1) is 20.1. The topological polar surface area (TPSA) is 172 Å². The molecule has 4 N–H and O–H groups in total. The molecule has 0 radical (unpaired) electrons. The minimum atomic E-state index is -4.26. The van der Waals surface area contributed by atoms with Crippen molar-refractivity contribution in [2.24, 2.45) is 4.99 Å². The van der Waals surface area contributed by atoms with Crippen LogP contribution in [0.2, 0.25) is 0 Å². The summed E-state index contributed by atoms with van der Waals surface area (Å²) >= 11 is 0. The molecule has 14 heteroatoms. The van der Waals surface area contributed by atoms with Gasteiger partial charge in [-0.2, -0.15) is 10.2 Å². The maximum absolute atomic E-state index is 14.2. The number of fused-ring (bicyclic) bond motifs is 2. The molecule has 0 saturated carbocycles. The maximum atomic E-state index is 14.2. The van der Waals surface area contributed by atoms with Gasteiger partial charge in [0.1, 0.15) is 47.5 Å². The number of nitrogens with one attached hydrogen (secondary N) is 1. The van der Waals surface area contributed by atoms with Gasteiger partial charge in [0.2, 0.25) is 0 Å².